The number of carbonyl (C=O) groups is 1. The third-order valence-corrected chi connectivity index (χ3v) is 1.55. The number of hydrogen-bond acceptors (Lipinski definition) is 3. The summed E-state index contributed by atoms with van der Waals surface area (Å²) >= 11 is 0. The molecule has 0 aliphatic carbocycles. The van der Waals surface area contributed by atoms with Crippen molar-refractivity contribution in [2.75, 3.05) is 0 Å². The topological polar surface area (TPSA) is 52.3 Å². The predicted octanol–water partition coefficient (Wildman–Crippen LogP) is 1.22. The molecule has 0 fully saturated rings. The van der Waals surface area contributed by atoms with Crippen LogP contribution in [0, 0.1) is 11.6 Å². The minimum atomic E-state index is -1.27. The van der Waals surface area contributed by atoms with E-state index < -0.39 is 23.6 Å². The second kappa shape index (κ2) is 4.15. The first-order valence-corrected chi connectivity index (χ1v) is 3.88. The van der Waals surface area contributed by atoms with Gasteiger partial charge >= 0.3 is 0 Å². The average molecular weight is 201 g/mol. The quantitative estimate of drug-likeness (QED) is 0.748. The normalized spacial score (nSPS) is 12.3. The Bertz CT molecular complexity index is 355. The molecule has 0 aromatic heterocycles. The number of ketones is 1. The van der Waals surface area contributed by atoms with Gasteiger partial charge in [0.25, 0.3) is 0 Å². The summed E-state index contributed by atoms with van der Waals surface area (Å²) in [6.07, 6.45) is -1.27. The number of ether oxygens (including phenoxy) is 1. The lowest BCUT2D eigenvalue weighted by Gasteiger charge is -2.11. The molecule has 1 aromatic carbocycles. The van der Waals surface area contributed by atoms with Crippen LogP contribution in [0.2, 0.25) is 0 Å². The molecule has 1 atom stereocenters. The van der Waals surface area contributed by atoms with Crippen molar-refractivity contribution in [2.45, 2.75) is 13.2 Å². The first-order valence-electron chi connectivity index (χ1n) is 3.88. The summed E-state index contributed by atoms with van der Waals surface area (Å²) in [5, 5.41) is 0. The van der Waals surface area contributed by atoms with Gasteiger partial charge in [0, 0.05) is 6.07 Å². The highest BCUT2D eigenvalue weighted by Crippen LogP contribution is 2.18. The van der Waals surface area contributed by atoms with Gasteiger partial charge in [0.05, 0.1) is 0 Å². The van der Waals surface area contributed by atoms with E-state index in [-0.39, 0.29) is 5.75 Å². The summed E-state index contributed by atoms with van der Waals surface area (Å²) in [4.78, 5) is 10.7. The standard InChI is InChI=1S/C9H9F2NO2/c1-5(13)9(12)14-8-4-6(10)2-3-7(8)11/h2-4,9H,12H2,1H3. The van der Waals surface area contributed by atoms with Gasteiger partial charge < -0.3 is 4.74 Å². The molecule has 0 heterocycles. The van der Waals surface area contributed by atoms with Crippen LogP contribution < -0.4 is 10.5 Å². The van der Waals surface area contributed by atoms with Crippen LogP contribution in [0.15, 0.2) is 18.2 Å². The highest BCUT2D eigenvalue weighted by Gasteiger charge is 2.13. The Morgan fingerprint density at radius 1 is 1.50 bits per heavy atom. The summed E-state index contributed by atoms with van der Waals surface area (Å²) in [5.41, 5.74) is 5.21. The molecule has 3 nitrogen and oxygen atoms in total. The van der Waals surface area contributed by atoms with Gasteiger partial charge in [0.2, 0.25) is 6.23 Å². The maximum atomic E-state index is 12.9. The van der Waals surface area contributed by atoms with E-state index in [2.05, 4.69) is 0 Å². The third-order valence-electron chi connectivity index (χ3n) is 1.55. The van der Waals surface area contributed by atoms with Crippen LogP contribution in [0.25, 0.3) is 0 Å². The Morgan fingerprint density at radius 2 is 2.14 bits per heavy atom. The zero-order valence-corrected chi connectivity index (χ0v) is 7.46. The average Bonchev–Trinajstić information content (AvgIpc) is 2.11. The molecule has 0 aliphatic rings. The SMILES string of the molecule is CC(=O)C(N)Oc1cc(F)ccc1F. The van der Waals surface area contributed by atoms with Crippen LogP contribution in [-0.4, -0.2) is 12.0 Å². The molecule has 0 spiro atoms. The molecule has 0 radical (unpaired) electrons. The molecule has 5 heteroatoms. The van der Waals surface area contributed by atoms with Gasteiger partial charge in [-0.15, -0.1) is 0 Å². The maximum Gasteiger partial charge on any atom is 0.206 e. The summed E-state index contributed by atoms with van der Waals surface area (Å²) in [6.45, 7) is 1.20. The highest BCUT2D eigenvalue weighted by molar-refractivity contribution is 5.80. The van der Waals surface area contributed by atoms with Crippen molar-refractivity contribution >= 4 is 5.78 Å². The van der Waals surface area contributed by atoms with Crippen LogP contribution in [0.4, 0.5) is 8.78 Å². The highest BCUT2D eigenvalue weighted by atomic mass is 19.1. The number of halogens is 2. The molecule has 76 valence electrons. The number of nitrogens with two attached hydrogens (primary N) is 1. The van der Waals surface area contributed by atoms with E-state index >= 15 is 0 Å². The Labute approximate surface area is 79.5 Å². The third kappa shape index (κ3) is 2.50. The van der Waals surface area contributed by atoms with E-state index in [9.17, 15) is 13.6 Å². The van der Waals surface area contributed by atoms with Gasteiger partial charge in [-0.2, -0.15) is 0 Å². The Hall–Kier alpha value is -1.49. The van der Waals surface area contributed by atoms with Crippen LogP contribution in [0.3, 0.4) is 0 Å². The van der Waals surface area contributed by atoms with Crippen molar-refractivity contribution in [3.63, 3.8) is 0 Å². The van der Waals surface area contributed by atoms with Gasteiger partial charge in [-0.3, -0.25) is 10.5 Å². The zero-order valence-electron chi connectivity index (χ0n) is 7.46. The molecule has 1 unspecified atom stereocenters. The van der Waals surface area contributed by atoms with Gasteiger partial charge in [-0.1, -0.05) is 0 Å². The smallest absolute Gasteiger partial charge is 0.206 e. The van der Waals surface area contributed by atoms with Gasteiger partial charge in [-0.25, -0.2) is 8.78 Å². The fourth-order valence-corrected chi connectivity index (χ4v) is 0.787. The van der Waals surface area contributed by atoms with Gasteiger partial charge in [0.15, 0.2) is 17.3 Å². The van der Waals surface area contributed by atoms with Crippen LogP contribution in [-0.2, 0) is 4.79 Å². The van der Waals surface area contributed by atoms with Crippen LogP contribution in [0.1, 0.15) is 6.92 Å². The number of rotatable bonds is 3. The predicted molar refractivity (Wildman–Crippen MR) is 45.6 cm³/mol. The molecule has 0 aliphatic heterocycles. The molecular formula is C9H9F2NO2. The minimum absolute atomic E-state index is 0.368. The van der Waals surface area contributed by atoms with Crippen molar-refractivity contribution in [3.05, 3.63) is 29.8 Å². The van der Waals surface area contributed by atoms with Crippen molar-refractivity contribution in [1.82, 2.24) is 0 Å². The van der Waals surface area contributed by atoms with Crippen molar-refractivity contribution in [3.8, 4) is 5.75 Å². The fourth-order valence-electron chi connectivity index (χ4n) is 0.787. The van der Waals surface area contributed by atoms with E-state index in [1.165, 1.54) is 6.92 Å². The summed E-state index contributed by atoms with van der Waals surface area (Å²) in [6, 6.07) is 2.68. The molecule has 0 bridgehead atoms. The van der Waals surface area contributed by atoms with Crippen molar-refractivity contribution in [1.29, 1.82) is 0 Å². The van der Waals surface area contributed by atoms with Crippen LogP contribution in [0.5, 0.6) is 5.75 Å². The van der Waals surface area contributed by atoms with Gasteiger partial charge in [0.1, 0.15) is 5.82 Å². The Balaban J connectivity index is 2.85. The first kappa shape index (κ1) is 10.6. The monoisotopic (exact) mass is 201 g/mol. The van der Waals surface area contributed by atoms with Crippen molar-refractivity contribution in [2.24, 2.45) is 5.73 Å². The van der Waals surface area contributed by atoms with Crippen LogP contribution >= 0.6 is 0 Å². The second-order valence-electron chi connectivity index (χ2n) is 2.72. The zero-order chi connectivity index (χ0) is 10.7. The molecule has 0 amide bonds. The molecule has 2 N–H and O–H groups in total. The van der Waals surface area contributed by atoms with E-state index in [0.29, 0.717) is 0 Å². The number of benzene rings is 1. The number of Topliss-reactive ketones (excluding diaryl/α,β-unsaturated/α-hetero) is 1. The first-order chi connectivity index (χ1) is 6.50. The fraction of sp³-hybridized carbons (Fsp3) is 0.222. The van der Waals surface area contributed by atoms with E-state index in [1.807, 2.05) is 0 Å². The Morgan fingerprint density at radius 3 is 2.71 bits per heavy atom. The molecule has 14 heavy (non-hydrogen) atoms. The number of hydrogen-bond donors (Lipinski definition) is 1. The van der Waals surface area contributed by atoms with E-state index in [1.54, 1.807) is 0 Å². The molecule has 1 aromatic rings. The second-order valence-corrected chi connectivity index (χ2v) is 2.72. The molecular weight excluding hydrogens is 192 g/mol. The largest absolute Gasteiger partial charge is 0.465 e. The number of carbonyl (C=O) groups excluding carboxylic acids is 1. The maximum absolute atomic E-state index is 12.9. The molecule has 0 saturated heterocycles. The van der Waals surface area contributed by atoms with Crippen molar-refractivity contribution < 1.29 is 18.3 Å². The summed E-state index contributed by atoms with van der Waals surface area (Å²) < 4.78 is 30.3. The Kier molecular flexibility index (Phi) is 3.14. The molecule has 0 saturated carbocycles. The molecule has 1 rings (SSSR count). The lowest BCUT2D eigenvalue weighted by molar-refractivity contribution is -0.123. The lowest BCUT2D eigenvalue weighted by atomic mass is 10.3. The van der Waals surface area contributed by atoms with E-state index in [0.717, 1.165) is 18.2 Å². The summed E-state index contributed by atoms with van der Waals surface area (Å²) in [7, 11) is 0. The van der Waals surface area contributed by atoms with E-state index in [4.69, 9.17) is 10.5 Å². The van der Waals surface area contributed by atoms with Gasteiger partial charge in [-0.05, 0) is 19.1 Å². The summed E-state index contributed by atoms with van der Waals surface area (Å²) in [5.74, 6) is -2.25. The lowest BCUT2D eigenvalue weighted by Crippen LogP contribution is -2.34. The minimum Gasteiger partial charge on any atom is -0.465 e.